The molecule has 2 aromatic rings. The van der Waals surface area contributed by atoms with Crippen LogP contribution < -0.4 is 0 Å². The Bertz CT molecular complexity index is 579. The van der Waals surface area contributed by atoms with Gasteiger partial charge in [0.05, 0.1) is 0 Å². The molecule has 1 aliphatic rings. The minimum atomic E-state index is -0.910. The van der Waals surface area contributed by atoms with Crippen molar-refractivity contribution in [2.75, 3.05) is 0 Å². The lowest BCUT2D eigenvalue weighted by Crippen LogP contribution is -2.15. The van der Waals surface area contributed by atoms with Crippen molar-refractivity contribution in [3.05, 3.63) is 64.7 Å². The fourth-order valence-corrected chi connectivity index (χ4v) is 2.48. The first-order valence-electron chi connectivity index (χ1n) is 6.09. The highest BCUT2D eigenvalue weighted by molar-refractivity contribution is 5.32. The third kappa shape index (κ3) is 2.31. The van der Waals surface area contributed by atoms with Gasteiger partial charge in [-0.3, -0.25) is 4.90 Å². The Morgan fingerprint density at radius 1 is 1.00 bits per heavy atom. The lowest BCUT2D eigenvalue weighted by Gasteiger charge is -2.15. The van der Waals surface area contributed by atoms with E-state index in [1.165, 1.54) is 23.3 Å². The number of phenolic OH excluding ortho intramolecular Hbond substituents is 1. The van der Waals surface area contributed by atoms with Crippen molar-refractivity contribution in [1.29, 1.82) is 0 Å². The third-order valence-electron chi connectivity index (χ3n) is 3.39. The van der Waals surface area contributed by atoms with Gasteiger partial charge >= 0.3 is 0 Å². The second kappa shape index (κ2) is 4.63. The van der Waals surface area contributed by atoms with E-state index in [0.717, 1.165) is 13.1 Å². The summed E-state index contributed by atoms with van der Waals surface area (Å²) in [6.07, 6.45) is 0. The first kappa shape index (κ1) is 12.1. The van der Waals surface area contributed by atoms with Gasteiger partial charge in [0, 0.05) is 19.6 Å². The molecule has 1 aliphatic heterocycles. The largest absolute Gasteiger partial charge is 0.503 e. The number of benzene rings is 2. The SMILES string of the molecule is Oc1c(F)cc(CN2Cc3ccccc3C2)cc1F. The molecular formula is C15H13F2NO. The van der Waals surface area contributed by atoms with E-state index in [9.17, 15) is 8.78 Å². The van der Waals surface area contributed by atoms with E-state index >= 15 is 0 Å². The Kier molecular flexibility index (Phi) is 2.95. The summed E-state index contributed by atoms with van der Waals surface area (Å²) in [6, 6.07) is 10.5. The van der Waals surface area contributed by atoms with Gasteiger partial charge in [0.15, 0.2) is 17.4 Å². The summed E-state index contributed by atoms with van der Waals surface area (Å²) in [5, 5.41) is 9.07. The van der Waals surface area contributed by atoms with E-state index in [1.54, 1.807) is 0 Å². The number of aromatic hydroxyl groups is 1. The molecule has 0 bridgehead atoms. The van der Waals surface area contributed by atoms with E-state index in [0.29, 0.717) is 12.1 Å². The molecule has 0 spiro atoms. The fraction of sp³-hybridized carbons (Fsp3) is 0.200. The topological polar surface area (TPSA) is 23.5 Å². The van der Waals surface area contributed by atoms with Crippen LogP contribution in [0.15, 0.2) is 36.4 Å². The highest BCUT2D eigenvalue weighted by Gasteiger charge is 2.19. The van der Waals surface area contributed by atoms with Gasteiger partial charge in [0.25, 0.3) is 0 Å². The molecule has 0 unspecified atom stereocenters. The number of phenols is 1. The molecule has 1 heterocycles. The van der Waals surface area contributed by atoms with Crippen molar-refractivity contribution in [1.82, 2.24) is 4.90 Å². The molecule has 1 N–H and O–H groups in total. The van der Waals surface area contributed by atoms with Crippen LogP contribution >= 0.6 is 0 Å². The summed E-state index contributed by atoms with van der Waals surface area (Å²) in [6.45, 7) is 2.02. The van der Waals surface area contributed by atoms with Gasteiger partial charge in [-0.2, -0.15) is 0 Å². The lowest BCUT2D eigenvalue weighted by molar-refractivity contribution is 0.274. The molecule has 0 saturated carbocycles. The Hall–Kier alpha value is -1.94. The summed E-state index contributed by atoms with van der Waals surface area (Å²) >= 11 is 0. The van der Waals surface area contributed by atoms with Crippen LogP contribution in [0.4, 0.5) is 8.78 Å². The normalized spacial score (nSPS) is 14.6. The number of rotatable bonds is 2. The van der Waals surface area contributed by atoms with Crippen LogP contribution in [0.5, 0.6) is 5.75 Å². The average Bonchev–Trinajstić information content (AvgIpc) is 2.78. The molecule has 3 rings (SSSR count). The highest BCUT2D eigenvalue weighted by atomic mass is 19.1. The van der Waals surface area contributed by atoms with Crippen molar-refractivity contribution in [3.8, 4) is 5.75 Å². The van der Waals surface area contributed by atoms with E-state index in [4.69, 9.17) is 5.11 Å². The van der Waals surface area contributed by atoms with Crippen molar-refractivity contribution < 1.29 is 13.9 Å². The van der Waals surface area contributed by atoms with Gasteiger partial charge in [-0.1, -0.05) is 24.3 Å². The highest BCUT2D eigenvalue weighted by Crippen LogP contribution is 2.26. The molecule has 0 radical (unpaired) electrons. The maximum atomic E-state index is 13.3. The Morgan fingerprint density at radius 3 is 2.05 bits per heavy atom. The molecule has 4 heteroatoms. The number of hydrogen-bond donors (Lipinski definition) is 1. The van der Waals surface area contributed by atoms with Crippen LogP contribution in [0, 0.1) is 11.6 Å². The van der Waals surface area contributed by atoms with Crippen LogP contribution in [0.25, 0.3) is 0 Å². The summed E-state index contributed by atoms with van der Waals surface area (Å²) in [5.74, 6) is -2.73. The zero-order valence-corrected chi connectivity index (χ0v) is 10.2. The fourth-order valence-electron chi connectivity index (χ4n) is 2.48. The molecule has 2 aromatic carbocycles. The summed E-state index contributed by atoms with van der Waals surface area (Å²) < 4.78 is 26.5. The van der Waals surface area contributed by atoms with Crippen molar-refractivity contribution >= 4 is 0 Å². The molecule has 0 aliphatic carbocycles. The first-order valence-corrected chi connectivity index (χ1v) is 6.09. The molecule has 98 valence electrons. The summed E-state index contributed by atoms with van der Waals surface area (Å²) in [7, 11) is 0. The van der Waals surface area contributed by atoms with Gasteiger partial charge in [0.2, 0.25) is 0 Å². The van der Waals surface area contributed by atoms with Crippen LogP contribution in [0.2, 0.25) is 0 Å². The zero-order valence-electron chi connectivity index (χ0n) is 10.2. The first-order chi connectivity index (χ1) is 9.13. The van der Waals surface area contributed by atoms with Crippen molar-refractivity contribution in [2.45, 2.75) is 19.6 Å². The van der Waals surface area contributed by atoms with E-state index in [-0.39, 0.29) is 0 Å². The standard InChI is InChI=1S/C15H13F2NO/c16-13-5-10(6-14(17)15(13)19)7-18-8-11-3-1-2-4-12(11)9-18/h1-6,19H,7-9H2. The van der Waals surface area contributed by atoms with E-state index < -0.39 is 17.4 Å². The van der Waals surface area contributed by atoms with Gasteiger partial charge < -0.3 is 5.11 Å². The molecule has 2 nitrogen and oxygen atoms in total. The number of nitrogens with zero attached hydrogens (tertiary/aromatic N) is 1. The number of fused-ring (bicyclic) bond motifs is 1. The average molecular weight is 261 g/mol. The third-order valence-corrected chi connectivity index (χ3v) is 3.39. The predicted octanol–water partition coefficient (Wildman–Crippen LogP) is 3.19. The molecule has 0 amide bonds. The van der Waals surface area contributed by atoms with Crippen LogP contribution in [0.3, 0.4) is 0 Å². The number of halogens is 2. The maximum absolute atomic E-state index is 13.3. The minimum Gasteiger partial charge on any atom is -0.503 e. The second-order valence-electron chi connectivity index (χ2n) is 4.82. The molecule has 0 fully saturated rings. The van der Waals surface area contributed by atoms with Crippen LogP contribution in [0.1, 0.15) is 16.7 Å². The van der Waals surface area contributed by atoms with E-state index in [1.807, 2.05) is 12.1 Å². The lowest BCUT2D eigenvalue weighted by atomic mass is 10.1. The number of hydrogen-bond acceptors (Lipinski definition) is 2. The van der Waals surface area contributed by atoms with Crippen LogP contribution in [-0.2, 0) is 19.6 Å². The molecule has 19 heavy (non-hydrogen) atoms. The Labute approximate surface area is 109 Å². The van der Waals surface area contributed by atoms with Crippen LogP contribution in [-0.4, -0.2) is 10.0 Å². The summed E-state index contributed by atoms with van der Waals surface area (Å²) in [4.78, 5) is 2.11. The van der Waals surface area contributed by atoms with Gasteiger partial charge in [0.1, 0.15) is 0 Å². The smallest absolute Gasteiger partial charge is 0.187 e. The monoisotopic (exact) mass is 261 g/mol. The second-order valence-corrected chi connectivity index (χ2v) is 4.82. The Morgan fingerprint density at radius 2 is 1.53 bits per heavy atom. The van der Waals surface area contributed by atoms with Gasteiger partial charge in [-0.15, -0.1) is 0 Å². The van der Waals surface area contributed by atoms with Gasteiger partial charge in [-0.25, -0.2) is 8.78 Å². The molecular weight excluding hydrogens is 248 g/mol. The quantitative estimate of drug-likeness (QED) is 0.897. The molecule has 0 saturated heterocycles. The van der Waals surface area contributed by atoms with Crippen molar-refractivity contribution in [3.63, 3.8) is 0 Å². The zero-order chi connectivity index (χ0) is 13.4. The van der Waals surface area contributed by atoms with E-state index in [2.05, 4.69) is 17.0 Å². The van der Waals surface area contributed by atoms with Crippen molar-refractivity contribution in [2.24, 2.45) is 0 Å². The Balaban J connectivity index is 1.78. The van der Waals surface area contributed by atoms with Gasteiger partial charge in [-0.05, 0) is 28.8 Å². The predicted molar refractivity (Wildman–Crippen MR) is 67.4 cm³/mol. The summed E-state index contributed by atoms with van der Waals surface area (Å²) in [5.41, 5.74) is 3.03. The molecule has 0 aromatic heterocycles. The molecule has 0 atom stereocenters. The minimum absolute atomic E-state index is 0.461. The maximum Gasteiger partial charge on any atom is 0.187 e.